The number of rotatable bonds is 17. The summed E-state index contributed by atoms with van der Waals surface area (Å²) in [4.78, 5) is 33.7. The van der Waals surface area contributed by atoms with E-state index in [0.717, 1.165) is 18.2 Å². The van der Waals surface area contributed by atoms with Gasteiger partial charge in [-0.3, -0.25) is 0 Å². The summed E-state index contributed by atoms with van der Waals surface area (Å²) in [6.07, 6.45) is 1.30. The van der Waals surface area contributed by atoms with E-state index in [9.17, 15) is 14.4 Å². The van der Waals surface area contributed by atoms with Crippen molar-refractivity contribution in [2.24, 2.45) is 0 Å². The molecule has 0 aliphatic carbocycles. The molecule has 9 heteroatoms. The van der Waals surface area contributed by atoms with Crippen LogP contribution in [0.3, 0.4) is 0 Å². The molecule has 0 bridgehead atoms. The number of hydrogen-bond donors (Lipinski definition) is 0. The Kier molecular flexibility index (Phi) is 15.0. The van der Waals surface area contributed by atoms with Crippen molar-refractivity contribution in [1.82, 2.24) is 0 Å². The first-order chi connectivity index (χ1) is 14.2. The minimum absolute atomic E-state index is 0.0410. The van der Waals surface area contributed by atoms with E-state index in [1.807, 2.05) is 0 Å². The van der Waals surface area contributed by atoms with E-state index in [-0.39, 0.29) is 39.1 Å². The first-order valence-corrected chi connectivity index (χ1v) is 9.47. The Bertz CT molecular complexity index is 573. The number of hydrogen-bond acceptors (Lipinski definition) is 9. The van der Waals surface area contributed by atoms with E-state index in [4.69, 9.17) is 28.4 Å². The van der Waals surface area contributed by atoms with E-state index >= 15 is 0 Å². The van der Waals surface area contributed by atoms with Gasteiger partial charge in [0, 0.05) is 18.2 Å². The van der Waals surface area contributed by atoms with Crippen molar-refractivity contribution >= 4 is 17.9 Å². The topological polar surface area (TPSA) is 107 Å². The molecule has 4 atom stereocenters. The summed E-state index contributed by atoms with van der Waals surface area (Å²) >= 11 is 0. The number of carbonyl (C=O) groups is 3. The second kappa shape index (κ2) is 16.3. The van der Waals surface area contributed by atoms with Gasteiger partial charge in [0.25, 0.3) is 0 Å². The van der Waals surface area contributed by atoms with Crippen molar-refractivity contribution in [2.45, 2.75) is 45.2 Å². The molecule has 0 radical (unpaired) electrons. The van der Waals surface area contributed by atoms with Crippen molar-refractivity contribution in [3.8, 4) is 0 Å². The highest BCUT2D eigenvalue weighted by Crippen LogP contribution is 2.03. The molecule has 0 fully saturated rings. The van der Waals surface area contributed by atoms with Gasteiger partial charge in [0.05, 0.1) is 39.1 Å². The third-order valence-electron chi connectivity index (χ3n) is 3.35. The molecule has 0 saturated carbocycles. The molecule has 0 aromatic heterocycles. The van der Waals surface area contributed by atoms with Crippen LogP contribution < -0.4 is 0 Å². The molecular formula is C21H32O9. The zero-order valence-electron chi connectivity index (χ0n) is 17.9. The van der Waals surface area contributed by atoms with Gasteiger partial charge in [-0.25, -0.2) is 14.4 Å². The van der Waals surface area contributed by atoms with Crippen molar-refractivity contribution in [3.63, 3.8) is 0 Å². The fourth-order valence-electron chi connectivity index (χ4n) is 1.97. The molecule has 0 spiro atoms. The minimum Gasteiger partial charge on any atom is -0.457 e. The fourth-order valence-corrected chi connectivity index (χ4v) is 1.97. The molecule has 0 amide bonds. The first-order valence-electron chi connectivity index (χ1n) is 9.47. The van der Waals surface area contributed by atoms with Crippen molar-refractivity contribution in [2.75, 3.05) is 33.0 Å². The Labute approximate surface area is 177 Å². The lowest BCUT2D eigenvalue weighted by Crippen LogP contribution is -2.32. The summed E-state index contributed by atoms with van der Waals surface area (Å²) in [6, 6.07) is 0. The maximum Gasteiger partial charge on any atom is 0.330 e. The third kappa shape index (κ3) is 14.5. The Morgan fingerprint density at radius 3 is 1.50 bits per heavy atom. The molecule has 0 N–H and O–H groups in total. The lowest BCUT2D eigenvalue weighted by Gasteiger charge is -2.21. The van der Waals surface area contributed by atoms with Crippen molar-refractivity contribution in [1.29, 1.82) is 0 Å². The highest BCUT2D eigenvalue weighted by atomic mass is 16.6. The van der Waals surface area contributed by atoms with Crippen LogP contribution >= 0.6 is 0 Å². The van der Waals surface area contributed by atoms with Gasteiger partial charge < -0.3 is 28.4 Å². The van der Waals surface area contributed by atoms with E-state index in [2.05, 4.69) is 19.7 Å². The van der Waals surface area contributed by atoms with Crippen LogP contribution in [0.25, 0.3) is 0 Å². The summed E-state index contributed by atoms with van der Waals surface area (Å²) in [7, 11) is 0. The smallest absolute Gasteiger partial charge is 0.330 e. The summed E-state index contributed by atoms with van der Waals surface area (Å²) in [5, 5.41) is 0. The largest absolute Gasteiger partial charge is 0.457 e. The van der Waals surface area contributed by atoms with Gasteiger partial charge in [0.2, 0.25) is 0 Å². The predicted molar refractivity (Wildman–Crippen MR) is 109 cm³/mol. The van der Waals surface area contributed by atoms with E-state index < -0.39 is 36.2 Å². The predicted octanol–water partition coefficient (Wildman–Crippen LogP) is 1.76. The fraction of sp³-hybridized carbons (Fsp3) is 0.571. The molecule has 4 unspecified atom stereocenters. The molecule has 9 nitrogen and oxygen atoms in total. The zero-order valence-corrected chi connectivity index (χ0v) is 17.9. The molecule has 0 rings (SSSR count). The summed E-state index contributed by atoms with van der Waals surface area (Å²) in [5.41, 5.74) is 0. The van der Waals surface area contributed by atoms with E-state index in [1.165, 1.54) is 0 Å². The van der Waals surface area contributed by atoms with Crippen molar-refractivity contribution < 1.29 is 42.8 Å². The van der Waals surface area contributed by atoms with Crippen LogP contribution in [0.1, 0.15) is 20.8 Å². The zero-order chi connectivity index (χ0) is 22.9. The molecule has 170 valence electrons. The van der Waals surface area contributed by atoms with Crippen molar-refractivity contribution in [3.05, 3.63) is 38.0 Å². The van der Waals surface area contributed by atoms with Crippen LogP contribution in [0, 0.1) is 0 Å². The number of esters is 3. The average Bonchev–Trinajstić information content (AvgIpc) is 2.71. The summed E-state index contributed by atoms with van der Waals surface area (Å²) < 4.78 is 31.7. The Morgan fingerprint density at radius 1 is 0.633 bits per heavy atom. The highest BCUT2D eigenvalue weighted by molar-refractivity contribution is 5.82. The average molecular weight is 428 g/mol. The standard InChI is InChI=1S/C21H32O9/c1-7-19(22)28-16(5)11-26-14-18(30-21(24)9-3)13-25-10-15(4)27-12-17(6)29-20(23)8-2/h7-9,15-18H,1-3,10-14H2,4-6H3. The molecular weight excluding hydrogens is 396 g/mol. The van der Waals surface area contributed by atoms with Crippen LogP contribution in [0.5, 0.6) is 0 Å². The second-order valence-electron chi connectivity index (χ2n) is 6.39. The molecule has 0 aliphatic heterocycles. The Morgan fingerprint density at radius 2 is 1.03 bits per heavy atom. The van der Waals surface area contributed by atoms with Gasteiger partial charge in [-0.1, -0.05) is 19.7 Å². The van der Waals surface area contributed by atoms with Crippen LogP contribution in [0.2, 0.25) is 0 Å². The SMILES string of the molecule is C=CC(=O)OC(C)COCC(COCC(C)OCC(C)OC(=O)C=C)OC(=O)C=C. The molecule has 0 aromatic carbocycles. The number of ether oxygens (including phenoxy) is 6. The van der Waals surface area contributed by atoms with Gasteiger partial charge in [0.1, 0.15) is 18.3 Å². The van der Waals surface area contributed by atoms with Gasteiger partial charge in [-0.15, -0.1) is 0 Å². The van der Waals surface area contributed by atoms with Crippen LogP contribution in [0.4, 0.5) is 0 Å². The Balaban J connectivity index is 4.28. The molecule has 0 saturated heterocycles. The van der Waals surface area contributed by atoms with E-state index in [0.29, 0.717) is 0 Å². The first kappa shape index (κ1) is 27.5. The van der Waals surface area contributed by atoms with Gasteiger partial charge in [0.15, 0.2) is 0 Å². The van der Waals surface area contributed by atoms with Crippen LogP contribution in [-0.4, -0.2) is 75.4 Å². The summed E-state index contributed by atoms with van der Waals surface area (Å²) in [5.74, 6) is -1.68. The maximum atomic E-state index is 11.5. The van der Waals surface area contributed by atoms with Crippen LogP contribution in [-0.2, 0) is 42.8 Å². The molecule has 0 heterocycles. The quantitative estimate of drug-likeness (QED) is 0.195. The van der Waals surface area contributed by atoms with Gasteiger partial charge in [-0.05, 0) is 20.8 Å². The van der Waals surface area contributed by atoms with Crippen LogP contribution in [0.15, 0.2) is 38.0 Å². The maximum absolute atomic E-state index is 11.5. The lowest BCUT2D eigenvalue weighted by atomic mass is 10.3. The second-order valence-corrected chi connectivity index (χ2v) is 6.39. The summed E-state index contributed by atoms with van der Waals surface area (Å²) in [6.45, 7) is 15.8. The lowest BCUT2D eigenvalue weighted by molar-refractivity contribution is -0.155. The highest BCUT2D eigenvalue weighted by Gasteiger charge is 2.17. The van der Waals surface area contributed by atoms with Gasteiger partial charge in [-0.2, -0.15) is 0 Å². The molecule has 0 aliphatic rings. The Hall–Kier alpha value is -2.49. The minimum atomic E-state index is -0.683. The van der Waals surface area contributed by atoms with E-state index in [1.54, 1.807) is 20.8 Å². The number of carbonyl (C=O) groups excluding carboxylic acids is 3. The monoisotopic (exact) mass is 428 g/mol. The van der Waals surface area contributed by atoms with Gasteiger partial charge >= 0.3 is 17.9 Å². The normalized spacial score (nSPS) is 14.5. The molecule has 30 heavy (non-hydrogen) atoms. The third-order valence-corrected chi connectivity index (χ3v) is 3.35. The molecule has 0 aromatic rings.